The molecule has 1 aromatic rings. The number of nitrogens with zero attached hydrogens (tertiary/aromatic N) is 2. The van der Waals surface area contributed by atoms with Gasteiger partial charge in [0.25, 0.3) is 0 Å². The fourth-order valence-electron chi connectivity index (χ4n) is 4.58. The third-order valence-corrected chi connectivity index (χ3v) is 5.59. The Morgan fingerprint density at radius 2 is 2.00 bits per heavy atom. The third kappa shape index (κ3) is 2.10. The van der Waals surface area contributed by atoms with Crippen LogP contribution < -0.4 is 5.73 Å². The molecule has 0 spiro atoms. The summed E-state index contributed by atoms with van der Waals surface area (Å²) in [7, 11) is 0. The lowest BCUT2D eigenvalue weighted by atomic mass is 9.86. The summed E-state index contributed by atoms with van der Waals surface area (Å²) in [5.41, 5.74) is 6.05. The number of aromatic nitrogens is 2. The highest BCUT2D eigenvalue weighted by Gasteiger charge is 2.42. The molecular formula is C15H23N3O. The fourth-order valence-corrected chi connectivity index (χ4v) is 4.58. The summed E-state index contributed by atoms with van der Waals surface area (Å²) in [5, 5.41) is 4.29. The zero-order chi connectivity index (χ0) is 12.8. The van der Waals surface area contributed by atoms with Crippen LogP contribution in [0.4, 0.5) is 0 Å². The number of nitrogens with two attached hydrogens (primary N) is 1. The molecule has 104 valence electrons. The normalized spacial score (nSPS) is 41.8. The molecule has 4 nitrogen and oxygen atoms in total. The Morgan fingerprint density at radius 1 is 1.05 bits per heavy atom. The molecule has 3 aliphatic rings. The number of rotatable bonds is 2. The largest absolute Gasteiger partial charge is 0.339 e. The van der Waals surface area contributed by atoms with Gasteiger partial charge in [0.2, 0.25) is 5.89 Å². The van der Waals surface area contributed by atoms with Gasteiger partial charge in [0.15, 0.2) is 5.82 Å². The zero-order valence-corrected chi connectivity index (χ0v) is 11.4. The number of hydrogen-bond acceptors (Lipinski definition) is 4. The lowest BCUT2D eigenvalue weighted by molar-refractivity contribution is 0.294. The van der Waals surface area contributed by atoms with Crippen molar-refractivity contribution >= 4 is 0 Å². The van der Waals surface area contributed by atoms with Gasteiger partial charge in [-0.2, -0.15) is 4.98 Å². The van der Waals surface area contributed by atoms with Gasteiger partial charge in [-0.25, -0.2) is 0 Å². The topological polar surface area (TPSA) is 64.9 Å². The predicted molar refractivity (Wildman–Crippen MR) is 71.7 cm³/mol. The molecule has 1 heterocycles. The van der Waals surface area contributed by atoms with Crippen molar-refractivity contribution in [3.63, 3.8) is 0 Å². The van der Waals surface area contributed by atoms with E-state index in [-0.39, 0.29) is 0 Å². The Kier molecular flexibility index (Phi) is 2.87. The first-order valence-corrected chi connectivity index (χ1v) is 7.88. The van der Waals surface area contributed by atoms with Gasteiger partial charge in [-0.1, -0.05) is 18.0 Å². The van der Waals surface area contributed by atoms with Crippen molar-refractivity contribution < 1.29 is 4.52 Å². The molecule has 0 aliphatic heterocycles. The Hall–Kier alpha value is -0.900. The molecule has 2 bridgehead atoms. The molecule has 0 saturated heterocycles. The quantitative estimate of drug-likeness (QED) is 0.889. The maximum absolute atomic E-state index is 6.05. The van der Waals surface area contributed by atoms with Gasteiger partial charge >= 0.3 is 0 Å². The van der Waals surface area contributed by atoms with Crippen LogP contribution in [0.5, 0.6) is 0 Å². The van der Waals surface area contributed by atoms with Gasteiger partial charge in [-0.05, 0) is 50.4 Å². The SMILES string of the molecule is NC1CCCC(c2nc(C3CC4CCC3C4)no2)C1. The van der Waals surface area contributed by atoms with E-state index >= 15 is 0 Å². The van der Waals surface area contributed by atoms with Crippen molar-refractivity contribution in [2.24, 2.45) is 17.6 Å². The number of fused-ring (bicyclic) bond motifs is 2. The summed E-state index contributed by atoms with van der Waals surface area (Å²) in [6.07, 6.45) is 9.97. The van der Waals surface area contributed by atoms with E-state index in [2.05, 4.69) is 5.16 Å². The maximum Gasteiger partial charge on any atom is 0.229 e. The second kappa shape index (κ2) is 4.58. The van der Waals surface area contributed by atoms with E-state index in [9.17, 15) is 0 Å². The Morgan fingerprint density at radius 3 is 2.74 bits per heavy atom. The van der Waals surface area contributed by atoms with E-state index in [0.717, 1.165) is 42.8 Å². The van der Waals surface area contributed by atoms with E-state index in [4.69, 9.17) is 15.2 Å². The molecule has 3 aliphatic carbocycles. The van der Waals surface area contributed by atoms with Gasteiger partial charge in [0, 0.05) is 17.9 Å². The van der Waals surface area contributed by atoms with Crippen LogP contribution in [0.15, 0.2) is 4.52 Å². The van der Waals surface area contributed by atoms with Crippen LogP contribution in [-0.2, 0) is 0 Å². The van der Waals surface area contributed by atoms with Crippen molar-refractivity contribution in [2.75, 3.05) is 0 Å². The lowest BCUT2D eigenvalue weighted by Gasteiger charge is -2.23. The molecular weight excluding hydrogens is 238 g/mol. The summed E-state index contributed by atoms with van der Waals surface area (Å²) < 4.78 is 5.56. The first-order chi connectivity index (χ1) is 9.29. The standard InChI is InChI=1S/C15H23N3O/c16-12-3-1-2-11(8-12)15-17-14(18-19-15)13-7-9-4-5-10(13)6-9/h9-13H,1-8,16H2. The van der Waals surface area contributed by atoms with Crippen molar-refractivity contribution in [3.8, 4) is 0 Å². The van der Waals surface area contributed by atoms with Crippen LogP contribution in [0.3, 0.4) is 0 Å². The third-order valence-electron chi connectivity index (χ3n) is 5.59. The minimum atomic E-state index is 0.316. The Balaban J connectivity index is 1.50. The molecule has 3 fully saturated rings. The highest BCUT2D eigenvalue weighted by Crippen LogP contribution is 2.52. The second-order valence-corrected chi connectivity index (χ2v) is 6.90. The Labute approximate surface area is 114 Å². The van der Waals surface area contributed by atoms with Gasteiger partial charge in [-0.15, -0.1) is 0 Å². The molecule has 19 heavy (non-hydrogen) atoms. The van der Waals surface area contributed by atoms with Crippen LogP contribution >= 0.6 is 0 Å². The first kappa shape index (κ1) is 11.9. The maximum atomic E-state index is 6.05. The molecule has 4 rings (SSSR count). The predicted octanol–water partition coefficient (Wildman–Crippen LogP) is 2.96. The minimum absolute atomic E-state index is 0.316. The first-order valence-electron chi connectivity index (χ1n) is 7.88. The van der Waals surface area contributed by atoms with E-state index < -0.39 is 0 Å². The van der Waals surface area contributed by atoms with Gasteiger partial charge < -0.3 is 10.3 Å². The van der Waals surface area contributed by atoms with Gasteiger partial charge in [0.05, 0.1) is 0 Å². The molecule has 0 radical (unpaired) electrons. The fraction of sp³-hybridized carbons (Fsp3) is 0.867. The van der Waals surface area contributed by atoms with Crippen LogP contribution in [-0.4, -0.2) is 16.2 Å². The monoisotopic (exact) mass is 261 g/mol. The van der Waals surface area contributed by atoms with Crippen molar-refractivity contribution in [1.29, 1.82) is 0 Å². The van der Waals surface area contributed by atoms with Gasteiger partial charge in [0.1, 0.15) is 0 Å². The average molecular weight is 261 g/mol. The molecule has 5 unspecified atom stereocenters. The minimum Gasteiger partial charge on any atom is -0.339 e. The lowest BCUT2D eigenvalue weighted by Crippen LogP contribution is -2.27. The highest BCUT2D eigenvalue weighted by atomic mass is 16.5. The Bertz CT molecular complexity index is 458. The molecule has 1 aromatic heterocycles. The van der Waals surface area contributed by atoms with Crippen LogP contribution in [0.1, 0.15) is 74.9 Å². The van der Waals surface area contributed by atoms with Crippen LogP contribution in [0.25, 0.3) is 0 Å². The van der Waals surface area contributed by atoms with Crippen LogP contribution in [0.2, 0.25) is 0 Å². The summed E-state index contributed by atoms with van der Waals surface area (Å²) in [5.74, 6) is 4.58. The van der Waals surface area contributed by atoms with Crippen LogP contribution in [0, 0.1) is 11.8 Å². The second-order valence-electron chi connectivity index (χ2n) is 6.90. The van der Waals surface area contributed by atoms with E-state index in [0.29, 0.717) is 17.9 Å². The highest BCUT2D eigenvalue weighted by molar-refractivity contribution is 5.08. The number of hydrogen-bond donors (Lipinski definition) is 1. The molecule has 4 heteroatoms. The smallest absolute Gasteiger partial charge is 0.229 e. The van der Waals surface area contributed by atoms with Crippen molar-refractivity contribution in [1.82, 2.24) is 10.1 Å². The van der Waals surface area contributed by atoms with Gasteiger partial charge in [-0.3, -0.25) is 0 Å². The van der Waals surface area contributed by atoms with E-state index in [1.165, 1.54) is 32.1 Å². The average Bonchev–Trinajstić information content (AvgIpc) is 3.14. The molecule has 3 saturated carbocycles. The molecule has 0 amide bonds. The van der Waals surface area contributed by atoms with E-state index in [1.54, 1.807) is 0 Å². The summed E-state index contributed by atoms with van der Waals surface area (Å²) >= 11 is 0. The molecule has 2 N–H and O–H groups in total. The van der Waals surface area contributed by atoms with Crippen molar-refractivity contribution in [2.45, 2.75) is 69.2 Å². The summed E-state index contributed by atoms with van der Waals surface area (Å²) in [6.45, 7) is 0. The molecule has 0 aromatic carbocycles. The zero-order valence-electron chi connectivity index (χ0n) is 11.4. The van der Waals surface area contributed by atoms with E-state index in [1.807, 2.05) is 0 Å². The molecule has 5 atom stereocenters. The summed E-state index contributed by atoms with van der Waals surface area (Å²) in [6, 6.07) is 0.316. The van der Waals surface area contributed by atoms with Crippen molar-refractivity contribution in [3.05, 3.63) is 11.7 Å². The summed E-state index contributed by atoms with van der Waals surface area (Å²) in [4.78, 5) is 4.74.